The first kappa shape index (κ1) is 14.1. The van der Waals surface area contributed by atoms with Crippen molar-refractivity contribution in [2.75, 3.05) is 7.11 Å². The zero-order chi connectivity index (χ0) is 13.9. The molecule has 3 nitrogen and oxygen atoms in total. The van der Waals surface area contributed by atoms with E-state index >= 15 is 0 Å². The van der Waals surface area contributed by atoms with Gasteiger partial charge in [-0.15, -0.1) is 0 Å². The first-order valence-corrected chi connectivity index (χ1v) is 6.89. The summed E-state index contributed by atoms with van der Waals surface area (Å²) in [7, 11) is 1.67. The zero-order valence-corrected chi connectivity index (χ0v) is 12.0. The second-order valence-corrected chi connectivity index (χ2v) is 6.21. The molecule has 1 fully saturated rings. The molecule has 3 heteroatoms. The van der Waals surface area contributed by atoms with E-state index in [1.165, 1.54) is 6.42 Å². The van der Waals surface area contributed by atoms with Crippen LogP contribution in [0.3, 0.4) is 0 Å². The Kier molecular flexibility index (Phi) is 4.25. The molecule has 104 valence electrons. The SMILES string of the molecule is COCc1ccc(C(=O)NC2CCC(C)(C)C2)cc1. The number of carbonyl (C=O) groups is 1. The third-order valence-electron chi connectivity index (χ3n) is 3.83. The number of nitrogens with one attached hydrogen (secondary N) is 1. The summed E-state index contributed by atoms with van der Waals surface area (Å²) in [4.78, 5) is 12.1. The van der Waals surface area contributed by atoms with Crippen molar-refractivity contribution in [3.05, 3.63) is 35.4 Å². The Bertz CT molecular complexity index is 437. The fraction of sp³-hybridized carbons (Fsp3) is 0.562. The lowest BCUT2D eigenvalue weighted by Crippen LogP contribution is -2.33. The van der Waals surface area contributed by atoms with E-state index in [1.807, 2.05) is 24.3 Å². The van der Waals surface area contributed by atoms with Crippen molar-refractivity contribution >= 4 is 5.91 Å². The molecule has 1 amide bonds. The van der Waals surface area contributed by atoms with E-state index in [1.54, 1.807) is 7.11 Å². The summed E-state index contributed by atoms with van der Waals surface area (Å²) in [5.74, 6) is 0.0340. The average Bonchev–Trinajstić information content (AvgIpc) is 2.70. The molecule has 0 heterocycles. The van der Waals surface area contributed by atoms with E-state index in [-0.39, 0.29) is 5.91 Å². The molecule has 1 saturated carbocycles. The summed E-state index contributed by atoms with van der Waals surface area (Å²) in [6, 6.07) is 7.93. The first-order valence-electron chi connectivity index (χ1n) is 6.89. The first-order chi connectivity index (χ1) is 9.00. The van der Waals surface area contributed by atoms with Crippen LogP contribution >= 0.6 is 0 Å². The van der Waals surface area contributed by atoms with Gasteiger partial charge in [0, 0.05) is 18.7 Å². The van der Waals surface area contributed by atoms with Gasteiger partial charge in [-0.25, -0.2) is 0 Å². The Morgan fingerprint density at radius 1 is 1.37 bits per heavy atom. The van der Waals surface area contributed by atoms with Crippen molar-refractivity contribution < 1.29 is 9.53 Å². The maximum atomic E-state index is 12.1. The second-order valence-electron chi connectivity index (χ2n) is 6.21. The number of ether oxygens (including phenoxy) is 1. The van der Waals surface area contributed by atoms with E-state index in [4.69, 9.17) is 4.74 Å². The number of methoxy groups -OCH3 is 1. The monoisotopic (exact) mass is 261 g/mol. The summed E-state index contributed by atoms with van der Waals surface area (Å²) in [5.41, 5.74) is 2.17. The van der Waals surface area contributed by atoms with Gasteiger partial charge in [-0.3, -0.25) is 4.79 Å². The van der Waals surface area contributed by atoms with Gasteiger partial charge in [-0.05, 0) is 42.4 Å². The molecule has 0 saturated heterocycles. The van der Waals surface area contributed by atoms with Crippen molar-refractivity contribution in [1.82, 2.24) is 5.32 Å². The van der Waals surface area contributed by atoms with Gasteiger partial charge in [-0.1, -0.05) is 26.0 Å². The summed E-state index contributed by atoms with van der Waals surface area (Å²) >= 11 is 0. The highest BCUT2D eigenvalue weighted by Gasteiger charge is 2.31. The Balaban J connectivity index is 1.93. The van der Waals surface area contributed by atoms with Crippen molar-refractivity contribution in [3.8, 4) is 0 Å². The molecule has 0 spiro atoms. The van der Waals surface area contributed by atoms with Gasteiger partial charge >= 0.3 is 0 Å². The van der Waals surface area contributed by atoms with E-state index in [0.717, 1.165) is 24.0 Å². The highest BCUT2D eigenvalue weighted by atomic mass is 16.5. The smallest absolute Gasteiger partial charge is 0.251 e. The Morgan fingerprint density at radius 2 is 2.05 bits per heavy atom. The van der Waals surface area contributed by atoms with E-state index in [9.17, 15) is 4.79 Å². The van der Waals surface area contributed by atoms with Gasteiger partial charge in [-0.2, -0.15) is 0 Å². The molecular weight excluding hydrogens is 238 g/mol. The maximum Gasteiger partial charge on any atom is 0.251 e. The number of amides is 1. The van der Waals surface area contributed by atoms with Crippen LogP contribution in [-0.2, 0) is 11.3 Å². The highest BCUT2D eigenvalue weighted by Crippen LogP contribution is 2.36. The lowest BCUT2D eigenvalue weighted by molar-refractivity contribution is 0.0936. The largest absolute Gasteiger partial charge is 0.380 e. The molecule has 1 N–H and O–H groups in total. The second kappa shape index (κ2) is 5.74. The van der Waals surface area contributed by atoms with E-state index in [2.05, 4.69) is 19.2 Å². The number of carbonyl (C=O) groups excluding carboxylic acids is 1. The zero-order valence-electron chi connectivity index (χ0n) is 12.0. The minimum absolute atomic E-state index is 0.0340. The predicted octanol–water partition coefficient (Wildman–Crippen LogP) is 3.14. The van der Waals surface area contributed by atoms with Crippen molar-refractivity contribution in [3.63, 3.8) is 0 Å². The van der Waals surface area contributed by atoms with Crippen LogP contribution in [-0.4, -0.2) is 19.1 Å². The van der Waals surface area contributed by atoms with Gasteiger partial charge in [0.1, 0.15) is 0 Å². The van der Waals surface area contributed by atoms with Gasteiger partial charge in [0.15, 0.2) is 0 Å². The lowest BCUT2D eigenvalue weighted by Gasteiger charge is -2.17. The molecular formula is C16H23NO2. The van der Waals surface area contributed by atoms with E-state index < -0.39 is 0 Å². The number of hydrogen-bond donors (Lipinski definition) is 1. The van der Waals surface area contributed by atoms with Crippen LogP contribution in [0.4, 0.5) is 0 Å². The molecule has 1 aromatic carbocycles. The van der Waals surface area contributed by atoms with Crippen LogP contribution in [0.25, 0.3) is 0 Å². The molecule has 1 aliphatic carbocycles. The third kappa shape index (κ3) is 3.80. The molecule has 0 aliphatic heterocycles. The molecule has 0 radical (unpaired) electrons. The Hall–Kier alpha value is -1.35. The topological polar surface area (TPSA) is 38.3 Å². The fourth-order valence-corrected chi connectivity index (χ4v) is 2.75. The third-order valence-corrected chi connectivity index (χ3v) is 3.83. The van der Waals surface area contributed by atoms with Gasteiger partial charge < -0.3 is 10.1 Å². The normalized spacial score (nSPS) is 21.3. The lowest BCUT2D eigenvalue weighted by atomic mass is 9.92. The van der Waals surface area contributed by atoms with Crippen molar-refractivity contribution in [2.45, 2.75) is 45.8 Å². The minimum atomic E-state index is 0.0340. The summed E-state index contributed by atoms with van der Waals surface area (Å²) in [5, 5.41) is 3.13. The predicted molar refractivity (Wildman–Crippen MR) is 76.0 cm³/mol. The van der Waals surface area contributed by atoms with Gasteiger partial charge in [0.2, 0.25) is 0 Å². The van der Waals surface area contributed by atoms with E-state index in [0.29, 0.717) is 18.1 Å². The molecule has 0 bridgehead atoms. The molecule has 19 heavy (non-hydrogen) atoms. The van der Waals surface area contributed by atoms with Crippen molar-refractivity contribution in [2.24, 2.45) is 5.41 Å². The van der Waals surface area contributed by atoms with Crippen LogP contribution in [0.5, 0.6) is 0 Å². The summed E-state index contributed by atoms with van der Waals surface area (Å²) in [6.07, 6.45) is 3.34. The molecule has 1 aliphatic rings. The van der Waals surface area contributed by atoms with Crippen LogP contribution in [0, 0.1) is 5.41 Å². The maximum absolute atomic E-state index is 12.1. The molecule has 0 aromatic heterocycles. The number of benzene rings is 1. The van der Waals surface area contributed by atoms with Crippen LogP contribution in [0.2, 0.25) is 0 Å². The fourth-order valence-electron chi connectivity index (χ4n) is 2.75. The van der Waals surface area contributed by atoms with Gasteiger partial charge in [0.25, 0.3) is 5.91 Å². The van der Waals surface area contributed by atoms with Crippen LogP contribution in [0.15, 0.2) is 24.3 Å². The standard InChI is InChI=1S/C16H23NO2/c1-16(2)9-8-14(10-16)17-15(18)13-6-4-12(5-7-13)11-19-3/h4-7,14H,8-11H2,1-3H3,(H,17,18). The van der Waals surface area contributed by atoms with Crippen LogP contribution < -0.4 is 5.32 Å². The minimum Gasteiger partial charge on any atom is -0.380 e. The number of hydrogen-bond acceptors (Lipinski definition) is 2. The molecule has 1 aromatic rings. The van der Waals surface area contributed by atoms with Crippen molar-refractivity contribution in [1.29, 1.82) is 0 Å². The molecule has 1 atom stereocenters. The Labute approximate surface area is 115 Å². The number of rotatable bonds is 4. The average molecular weight is 261 g/mol. The summed E-state index contributed by atoms with van der Waals surface area (Å²) < 4.78 is 5.06. The molecule has 1 unspecified atom stereocenters. The Morgan fingerprint density at radius 3 is 2.58 bits per heavy atom. The highest BCUT2D eigenvalue weighted by molar-refractivity contribution is 5.94. The quantitative estimate of drug-likeness (QED) is 0.904. The summed E-state index contributed by atoms with van der Waals surface area (Å²) in [6.45, 7) is 5.11. The van der Waals surface area contributed by atoms with Gasteiger partial charge in [0.05, 0.1) is 6.61 Å². The molecule has 2 rings (SSSR count). The van der Waals surface area contributed by atoms with Crippen LogP contribution in [0.1, 0.15) is 49.0 Å².